The third kappa shape index (κ3) is 70.6. The van der Waals surface area contributed by atoms with Gasteiger partial charge in [0.1, 0.15) is 6.61 Å². The first-order chi connectivity index (χ1) is 42.8. The predicted molar refractivity (Wildman–Crippen MR) is 376 cm³/mol. The number of nitrogens with two attached hydrogens (primary N) is 1. The molecule has 0 saturated carbocycles. The topological polar surface area (TPSA) is 134 Å². The monoisotopic (exact) mass is 1230 g/mol. The van der Waals surface area contributed by atoms with E-state index >= 15 is 0 Å². The van der Waals surface area contributed by atoms with Crippen molar-refractivity contribution in [1.29, 1.82) is 0 Å². The van der Waals surface area contributed by atoms with Crippen LogP contribution in [0, 0.1) is 0 Å². The van der Waals surface area contributed by atoms with E-state index in [9.17, 15) is 19.0 Å². The minimum Gasteiger partial charge on any atom is -0.462 e. The molecular formula is C77H128NO8P. The largest absolute Gasteiger partial charge is 0.472 e. The van der Waals surface area contributed by atoms with Crippen LogP contribution in [-0.2, 0) is 32.7 Å². The number of esters is 2. The summed E-state index contributed by atoms with van der Waals surface area (Å²) in [6.07, 6.45) is 103. The predicted octanol–water partition coefficient (Wildman–Crippen LogP) is 23.2. The quantitative estimate of drug-likeness (QED) is 0.0264. The first-order valence-corrected chi connectivity index (χ1v) is 36.5. The van der Waals surface area contributed by atoms with E-state index in [-0.39, 0.29) is 38.6 Å². The van der Waals surface area contributed by atoms with E-state index < -0.39 is 26.5 Å². The third-order valence-corrected chi connectivity index (χ3v) is 15.4. The Balaban J connectivity index is 3.92. The maximum atomic E-state index is 12.8. The van der Waals surface area contributed by atoms with E-state index in [2.05, 4.69) is 172 Å². The molecule has 0 bridgehead atoms. The highest BCUT2D eigenvalue weighted by atomic mass is 31.2. The van der Waals surface area contributed by atoms with Crippen LogP contribution < -0.4 is 5.73 Å². The van der Waals surface area contributed by atoms with Crippen LogP contribution in [0.3, 0.4) is 0 Å². The van der Waals surface area contributed by atoms with Crippen LogP contribution in [-0.4, -0.2) is 49.3 Å². The first kappa shape index (κ1) is 82.6. The van der Waals surface area contributed by atoms with Gasteiger partial charge in [0.25, 0.3) is 0 Å². The van der Waals surface area contributed by atoms with Crippen molar-refractivity contribution in [2.45, 2.75) is 290 Å². The molecule has 2 unspecified atom stereocenters. The molecule has 0 spiro atoms. The fourth-order valence-corrected chi connectivity index (χ4v) is 10.1. The summed E-state index contributed by atoms with van der Waals surface area (Å²) in [5.41, 5.74) is 5.40. The van der Waals surface area contributed by atoms with E-state index in [1.54, 1.807) is 0 Å². The summed E-state index contributed by atoms with van der Waals surface area (Å²) in [5, 5.41) is 0. The van der Waals surface area contributed by atoms with Crippen LogP contribution in [0.25, 0.3) is 0 Å². The number of rotatable bonds is 64. The summed E-state index contributed by atoms with van der Waals surface area (Å²) in [7, 11) is -4.40. The van der Waals surface area contributed by atoms with E-state index in [1.165, 1.54) is 128 Å². The van der Waals surface area contributed by atoms with Gasteiger partial charge in [-0.15, -0.1) is 0 Å². The van der Waals surface area contributed by atoms with Gasteiger partial charge < -0.3 is 20.1 Å². The summed E-state index contributed by atoms with van der Waals surface area (Å²) < 4.78 is 33.2. The molecule has 0 heterocycles. The summed E-state index contributed by atoms with van der Waals surface area (Å²) >= 11 is 0. The number of allylic oxidation sites excluding steroid dienone is 26. The lowest BCUT2D eigenvalue weighted by Crippen LogP contribution is -2.29. The van der Waals surface area contributed by atoms with Gasteiger partial charge >= 0.3 is 19.8 Å². The average Bonchev–Trinajstić information content (AvgIpc) is 3.65. The number of unbranched alkanes of at least 4 members (excludes halogenated alkanes) is 25. The zero-order chi connectivity index (χ0) is 63.0. The Bertz CT molecular complexity index is 1980. The summed E-state index contributed by atoms with van der Waals surface area (Å²) in [6, 6.07) is 0. The molecule has 9 nitrogen and oxygen atoms in total. The maximum Gasteiger partial charge on any atom is 0.472 e. The number of ether oxygens (including phenoxy) is 2. The summed E-state index contributed by atoms with van der Waals surface area (Å²) in [4.78, 5) is 35.4. The maximum absolute atomic E-state index is 12.8. The molecule has 0 aromatic carbocycles. The average molecular weight is 1230 g/mol. The Labute approximate surface area is 534 Å². The van der Waals surface area contributed by atoms with E-state index in [4.69, 9.17) is 24.3 Å². The highest BCUT2D eigenvalue weighted by Crippen LogP contribution is 2.43. The number of carbonyl (C=O) groups is 2. The van der Waals surface area contributed by atoms with Crippen molar-refractivity contribution in [3.05, 3.63) is 158 Å². The van der Waals surface area contributed by atoms with Gasteiger partial charge in [0, 0.05) is 19.4 Å². The Hall–Kier alpha value is -4.37. The molecule has 3 N–H and O–H groups in total. The van der Waals surface area contributed by atoms with Crippen LogP contribution in [0.4, 0.5) is 0 Å². The molecule has 0 saturated heterocycles. The molecule has 2 atom stereocenters. The second-order valence-corrected chi connectivity index (χ2v) is 24.1. The molecular weight excluding hydrogens is 1100 g/mol. The normalized spacial score (nSPS) is 13.9. The molecule has 494 valence electrons. The van der Waals surface area contributed by atoms with Gasteiger partial charge in [-0.3, -0.25) is 18.6 Å². The van der Waals surface area contributed by atoms with Crippen molar-refractivity contribution < 1.29 is 37.6 Å². The second kappa shape index (κ2) is 70.7. The van der Waals surface area contributed by atoms with Crippen molar-refractivity contribution in [3.63, 3.8) is 0 Å². The molecule has 0 fully saturated rings. The minimum absolute atomic E-state index is 0.0469. The van der Waals surface area contributed by atoms with Gasteiger partial charge in [-0.2, -0.15) is 0 Å². The van der Waals surface area contributed by atoms with E-state index in [0.29, 0.717) is 6.42 Å². The molecule has 87 heavy (non-hydrogen) atoms. The van der Waals surface area contributed by atoms with Crippen molar-refractivity contribution in [2.24, 2.45) is 5.73 Å². The Morgan fingerprint density at radius 2 is 0.598 bits per heavy atom. The number of phosphoric ester groups is 1. The second-order valence-electron chi connectivity index (χ2n) is 22.6. The molecule has 0 radical (unpaired) electrons. The number of phosphoric acid groups is 1. The lowest BCUT2D eigenvalue weighted by atomic mass is 10.0. The lowest BCUT2D eigenvalue weighted by Gasteiger charge is -2.19. The van der Waals surface area contributed by atoms with Gasteiger partial charge in [0.15, 0.2) is 6.10 Å². The molecule has 0 aliphatic carbocycles. The van der Waals surface area contributed by atoms with Gasteiger partial charge in [-0.05, 0) is 122 Å². The molecule has 0 amide bonds. The zero-order valence-electron chi connectivity index (χ0n) is 55.4. The lowest BCUT2D eigenvalue weighted by molar-refractivity contribution is -0.161. The Morgan fingerprint density at radius 1 is 0.345 bits per heavy atom. The number of hydrogen-bond acceptors (Lipinski definition) is 8. The third-order valence-electron chi connectivity index (χ3n) is 14.4. The molecule has 0 aliphatic heterocycles. The molecule has 0 rings (SSSR count). The van der Waals surface area contributed by atoms with Crippen LogP contribution in [0.1, 0.15) is 284 Å². The molecule has 10 heteroatoms. The Kier molecular flexibility index (Phi) is 67.2. The van der Waals surface area contributed by atoms with Crippen LogP contribution >= 0.6 is 7.82 Å². The van der Waals surface area contributed by atoms with E-state index in [0.717, 1.165) is 122 Å². The molecule has 0 aliphatic rings. The zero-order valence-corrected chi connectivity index (χ0v) is 56.3. The smallest absolute Gasteiger partial charge is 0.462 e. The molecule has 0 aromatic heterocycles. The fraction of sp³-hybridized carbons (Fsp3) is 0.636. The minimum atomic E-state index is -4.40. The SMILES string of the molecule is CC/C=C\C/C=C\C/C=C\C/C=C\C/C=C\C/C=C\C/C=C\C/C=C\C/C=C\CCCCCCCCCCCCCCCC(=O)OC(COC(=O)CCCCCCCCCCCCCC/C=C\C/C=C\C/C=C\C/C=C\CC)COP(=O)(O)OCCN. The van der Waals surface area contributed by atoms with Crippen molar-refractivity contribution in [1.82, 2.24) is 0 Å². The van der Waals surface area contributed by atoms with Crippen molar-refractivity contribution >= 4 is 19.8 Å². The van der Waals surface area contributed by atoms with Gasteiger partial charge in [-0.1, -0.05) is 307 Å². The van der Waals surface area contributed by atoms with Gasteiger partial charge in [-0.25, -0.2) is 4.57 Å². The highest BCUT2D eigenvalue weighted by molar-refractivity contribution is 7.47. The number of hydrogen-bond donors (Lipinski definition) is 2. The van der Waals surface area contributed by atoms with Crippen LogP contribution in [0.5, 0.6) is 0 Å². The number of carbonyl (C=O) groups excluding carboxylic acids is 2. The van der Waals surface area contributed by atoms with Crippen molar-refractivity contribution in [3.8, 4) is 0 Å². The Morgan fingerprint density at radius 3 is 0.885 bits per heavy atom. The summed E-state index contributed by atoms with van der Waals surface area (Å²) in [5.74, 6) is -0.833. The van der Waals surface area contributed by atoms with Crippen molar-refractivity contribution in [2.75, 3.05) is 26.4 Å². The van der Waals surface area contributed by atoms with E-state index in [1.807, 2.05) is 0 Å². The summed E-state index contributed by atoms with van der Waals surface area (Å²) in [6.45, 7) is 3.52. The van der Waals surface area contributed by atoms with Gasteiger partial charge in [0.2, 0.25) is 0 Å². The van der Waals surface area contributed by atoms with Crippen LogP contribution in [0.15, 0.2) is 158 Å². The van der Waals surface area contributed by atoms with Crippen LogP contribution in [0.2, 0.25) is 0 Å². The standard InChI is InChI=1S/C77H128NO8P/c1-3-5-7-9-11-13-15-17-19-21-23-25-27-29-30-31-32-33-34-35-36-37-38-39-40-41-42-43-44-46-48-50-52-54-56-58-60-62-64-66-68-70-77(80)86-75(74-85-87(81,82)84-72-71-78)73-83-76(79)69-67-65-63-61-59-57-55-53-51-49-47-45-28-26-24-22-20-18-16-14-12-10-8-6-4-2/h5-8,11-14,17-20,23-26,29-30,32-33,35-36,38-39,41-42,75H,3-4,9-10,15-16,21-22,27-28,31,34,37,40,43-74,78H2,1-2H3,(H,81,82)/b7-5-,8-6-,13-11-,14-12-,19-17-,20-18-,25-23-,26-24-,30-29-,33-32-,36-35-,39-38-,42-41-. The fourth-order valence-electron chi connectivity index (χ4n) is 9.33. The van der Waals surface area contributed by atoms with Gasteiger partial charge in [0.05, 0.1) is 13.2 Å². The highest BCUT2D eigenvalue weighted by Gasteiger charge is 2.26. The molecule has 0 aromatic rings. The first-order valence-electron chi connectivity index (χ1n) is 35.0.